The van der Waals surface area contributed by atoms with Crippen LogP contribution in [0.4, 0.5) is 0 Å². The van der Waals surface area contributed by atoms with Gasteiger partial charge in [-0.25, -0.2) is 0 Å². The number of ether oxygens (including phenoxy) is 1. The number of hydrogen-bond acceptors (Lipinski definition) is 2. The van der Waals surface area contributed by atoms with Crippen molar-refractivity contribution in [1.82, 2.24) is 0 Å². The molecule has 14 heavy (non-hydrogen) atoms. The summed E-state index contributed by atoms with van der Waals surface area (Å²) in [4.78, 5) is 0. The molecule has 0 spiro atoms. The van der Waals surface area contributed by atoms with E-state index in [0.717, 1.165) is 19.3 Å². The second-order valence-electron chi connectivity index (χ2n) is 3.58. The van der Waals surface area contributed by atoms with Gasteiger partial charge in [-0.1, -0.05) is 30.3 Å². The Morgan fingerprint density at radius 2 is 2.00 bits per heavy atom. The zero-order valence-electron chi connectivity index (χ0n) is 8.02. The van der Waals surface area contributed by atoms with Gasteiger partial charge in [-0.3, -0.25) is 0 Å². The molecule has 2 nitrogen and oxygen atoms in total. The van der Waals surface area contributed by atoms with Crippen LogP contribution in [0.1, 0.15) is 30.9 Å². The maximum absolute atomic E-state index is 8.78. The van der Waals surface area contributed by atoms with Crippen molar-refractivity contribution < 1.29 is 4.74 Å². The summed E-state index contributed by atoms with van der Waals surface area (Å²) in [7, 11) is 0. The van der Waals surface area contributed by atoms with Gasteiger partial charge < -0.3 is 4.74 Å². The van der Waals surface area contributed by atoms with E-state index in [-0.39, 0.29) is 12.2 Å². The van der Waals surface area contributed by atoms with E-state index in [1.165, 1.54) is 5.56 Å². The first kappa shape index (κ1) is 9.23. The highest BCUT2D eigenvalue weighted by molar-refractivity contribution is 5.18. The van der Waals surface area contributed by atoms with Crippen molar-refractivity contribution in [2.75, 3.05) is 0 Å². The molecule has 1 fully saturated rings. The average Bonchev–Trinajstić information content (AvgIpc) is 2.30. The first-order valence-electron chi connectivity index (χ1n) is 5.00. The molecule has 72 valence electrons. The zero-order chi connectivity index (χ0) is 9.80. The van der Waals surface area contributed by atoms with E-state index in [2.05, 4.69) is 18.2 Å². The van der Waals surface area contributed by atoms with E-state index in [1.807, 2.05) is 18.2 Å². The van der Waals surface area contributed by atoms with Crippen molar-refractivity contribution in [3.63, 3.8) is 0 Å². The Morgan fingerprint density at radius 3 is 2.71 bits per heavy atom. The van der Waals surface area contributed by atoms with Crippen molar-refractivity contribution >= 4 is 0 Å². The topological polar surface area (TPSA) is 33.0 Å². The third-order valence-corrected chi connectivity index (χ3v) is 2.58. The normalized spacial score (nSPS) is 26.8. The fourth-order valence-corrected chi connectivity index (χ4v) is 1.83. The second kappa shape index (κ2) is 4.26. The van der Waals surface area contributed by atoms with Gasteiger partial charge in [0.15, 0.2) is 0 Å². The molecule has 0 bridgehead atoms. The molecule has 0 amide bonds. The number of rotatable bonds is 1. The number of nitriles is 1. The minimum atomic E-state index is -0.214. The zero-order valence-corrected chi connectivity index (χ0v) is 8.02. The maximum Gasteiger partial charge on any atom is 0.144 e. The van der Waals surface area contributed by atoms with Crippen molar-refractivity contribution in [2.24, 2.45) is 0 Å². The first-order chi connectivity index (χ1) is 6.90. The molecule has 0 unspecified atom stereocenters. The molecule has 0 N–H and O–H groups in total. The summed E-state index contributed by atoms with van der Waals surface area (Å²) in [6.07, 6.45) is 2.89. The SMILES string of the molecule is N#C[C@@H]1CCC[C@H](c2ccccc2)O1. The molecule has 1 aliphatic rings. The fraction of sp³-hybridized carbons (Fsp3) is 0.417. The van der Waals surface area contributed by atoms with Crippen LogP contribution in [0.25, 0.3) is 0 Å². The van der Waals surface area contributed by atoms with Crippen LogP contribution in [0.5, 0.6) is 0 Å². The molecule has 1 aromatic carbocycles. The molecule has 0 radical (unpaired) electrons. The summed E-state index contributed by atoms with van der Waals surface area (Å²) in [6, 6.07) is 12.3. The Morgan fingerprint density at radius 1 is 1.21 bits per heavy atom. The van der Waals surface area contributed by atoms with Crippen LogP contribution >= 0.6 is 0 Å². The summed E-state index contributed by atoms with van der Waals surface area (Å²) >= 11 is 0. The number of nitrogens with zero attached hydrogens (tertiary/aromatic N) is 1. The molecule has 0 aromatic heterocycles. The van der Waals surface area contributed by atoms with Crippen LogP contribution in [0.2, 0.25) is 0 Å². The van der Waals surface area contributed by atoms with Crippen LogP contribution in [-0.2, 0) is 4.74 Å². The average molecular weight is 187 g/mol. The second-order valence-corrected chi connectivity index (χ2v) is 3.58. The van der Waals surface area contributed by atoms with Crippen molar-refractivity contribution in [2.45, 2.75) is 31.5 Å². The lowest BCUT2D eigenvalue weighted by Crippen LogP contribution is -2.20. The van der Waals surface area contributed by atoms with Crippen LogP contribution in [0.3, 0.4) is 0 Å². The van der Waals surface area contributed by atoms with Crippen LogP contribution < -0.4 is 0 Å². The molecular weight excluding hydrogens is 174 g/mol. The Kier molecular flexibility index (Phi) is 2.81. The van der Waals surface area contributed by atoms with Gasteiger partial charge in [-0.2, -0.15) is 5.26 Å². The minimum absolute atomic E-state index is 0.120. The molecule has 2 atom stereocenters. The van der Waals surface area contributed by atoms with Gasteiger partial charge in [-0.15, -0.1) is 0 Å². The monoisotopic (exact) mass is 187 g/mol. The Balaban J connectivity index is 2.09. The van der Waals surface area contributed by atoms with Crippen LogP contribution in [0, 0.1) is 11.3 Å². The smallest absolute Gasteiger partial charge is 0.144 e. The van der Waals surface area contributed by atoms with Crippen molar-refractivity contribution in [3.8, 4) is 6.07 Å². The number of hydrogen-bond donors (Lipinski definition) is 0. The summed E-state index contributed by atoms with van der Waals surface area (Å²) in [5, 5.41) is 8.78. The van der Waals surface area contributed by atoms with E-state index in [0.29, 0.717) is 0 Å². The van der Waals surface area contributed by atoms with E-state index in [1.54, 1.807) is 0 Å². The van der Waals surface area contributed by atoms with Crippen molar-refractivity contribution in [1.29, 1.82) is 5.26 Å². The molecule has 1 saturated heterocycles. The highest BCUT2D eigenvalue weighted by Crippen LogP contribution is 2.30. The van der Waals surface area contributed by atoms with E-state index < -0.39 is 0 Å². The summed E-state index contributed by atoms with van der Waals surface area (Å²) in [5.74, 6) is 0. The highest BCUT2D eigenvalue weighted by Gasteiger charge is 2.22. The highest BCUT2D eigenvalue weighted by atomic mass is 16.5. The Bertz CT molecular complexity index is 328. The summed E-state index contributed by atoms with van der Waals surface area (Å²) in [5.41, 5.74) is 1.19. The predicted molar refractivity (Wildman–Crippen MR) is 53.5 cm³/mol. The third kappa shape index (κ3) is 1.94. The van der Waals surface area contributed by atoms with E-state index >= 15 is 0 Å². The maximum atomic E-state index is 8.78. The van der Waals surface area contributed by atoms with E-state index in [4.69, 9.17) is 10.00 Å². The van der Waals surface area contributed by atoms with Gasteiger partial charge >= 0.3 is 0 Å². The van der Waals surface area contributed by atoms with Gasteiger partial charge in [0.2, 0.25) is 0 Å². The fourth-order valence-electron chi connectivity index (χ4n) is 1.83. The van der Waals surface area contributed by atoms with Crippen LogP contribution in [-0.4, -0.2) is 6.10 Å². The molecule has 2 rings (SSSR count). The van der Waals surface area contributed by atoms with Gasteiger partial charge in [0, 0.05) is 0 Å². The minimum Gasteiger partial charge on any atom is -0.355 e. The lowest BCUT2D eigenvalue weighted by atomic mass is 9.99. The van der Waals surface area contributed by atoms with Gasteiger partial charge in [0.05, 0.1) is 12.2 Å². The largest absolute Gasteiger partial charge is 0.355 e. The molecular formula is C12H13NO. The lowest BCUT2D eigenvalue weighted by Gasteiger charge is -2.26. The predicted octanol–water partition coefficient (Wildman–Crippen LogP) is 2.82. The molecule has 2 heteroatoms. The third-order valence-electron chi connectivity index (χ3n) is 2.58. The molecule has 0 saturated carbocycles. The summed E-state index contributed by atoms with van der Waals surface area (Å²) < 4.78 is 5.66. The molecule has 1 aliphatic heterocycles. The van der Waals surface area contributed by atoms with Gasteiger partial charge in [0.1, 0.15) is 6.10 Å². The van der Waals surface area contributed by atoms with Crippen LogP contribution in [0.15, 0.2) is 30.3 Å². The van der Waals surface area contributed by atoms with Gasteiger partial charge in [-0.05, 0) is 24.8 Å². The van der Waals surface area contributed by atoms with E-state index in [9.17, 15) is 0 Å². The first-order valence-corrected chi connectivity index (χ1v) is 5.00. The Hall–Kier alpha value is -1.33. The Labute approximate surface area is 84.1 Å². The van der Waals surface area contributed by atoms with Gasteiger partial charge in [0.25, 0.3) is 0 Å². The standard InChI is InChI=1S/C12H13NO/c13-9-11-7-4-8-12(14-11)10-5-2-1-3-6-10/h1-3,5-6,11-12H,4,7-8H2/t11-,12+/m0/s1. The molecule has 1 heterocycles. The quantitative estimate of drug-likeness (QED) is 0.677. The van der Waals surface area contributed by atoms with Crippen molar-refractivity contribution in [3.05, 3.63) is 35.9 Å². The lowest BCUT2D eigenvalue weighted by molar-refractivity contribution is -0.0228. The molecule has 0 aliphatic carbocycles. The summed E-state index contributed by atoms with van der Waals surface area (Å²) in [6.45, 7) is 0. The number of benzene rings is 1. The molecule has 1 aromatic rings.